The van der Waals surface area contributed by atoms with Gasteiger partial charge in [0.05, 0.1) is 23.9 Å². The molecule has 0 aliphatic heterocycles. The van der Waals surface area contributed by atoms with Gasteiger partial charge in [-0.2, -0.15) is 0 Å². The van der Waals surface area contributed by atoms with Crippen LogP contribution in [0.2, 0.25) is 0 Å². The Morgan fingerprint density at radius 2 is 1.77 bits per heavy atom. The fourth-order valence-electron chi connectivity index (χ4n) is 6.86. The van der Waals surface area contributed by atoms with Crippen molar-refractivity contribution in [3.63, 3.8) is 0 Å². The molecule has 0 aromatic heterocycles. The van der Waals surface area contributed by atoms with Gasteiger partial charge in [-0.25, -0.2) is 0 Å². The van der Waals surface area contributed by atoms with E-state index in [1.807, 2.05) is 6.92 Å². The molecule has 0 bridgehead atoms. The van der Waals surface area contributed by atoms with Gasteiger partial charge in [-0.1, -0.05) is 13.8 Å². The maximum Gasteiger partial charge on any atom is 0.120 e. The van der Waals surface area contributed by atoms with Crippen LogP contribution in [-0.2, 0) is 9.53 Å². The quantitative estimate of drug-likeness (QED) is 0.744. The molecule has 0 saturated heterocycles. The largest absolute Gasteiger partial charge is 0.393 e. The summed E-state index contributed by atoms with van der Waals surface area (Å²) in [6.07, 6.45) is 7.47. The minimum Gasteiger partial charge on any atom is -0.393 e. The van der Waals surface area contributed by atoms with Crippen LogP contribution in [0.25, 0.3) is 0 Å². The number of carbonyl (C=O) groups is 1. The standard InChI is InChI=1S/C22H38O4/c1-19(2,3)26-18-7-6-16-15-8-11-22(25,14-24)21(5,12-13-23)17(15)9-10-20(16,18)4/h13,15-18,24-25H,6-12,14H2,1-5H3/t15-,16-,17-,18-,20-,21+,22+/m0/s1. The van der Waals surface area contributed by atoms with Gasteiger partial charge in [-0.15, -0.1) is 0 Å². The molecule has 150 valence electrons. The average Bonchev–Trinajstić information content (AvgIpc) is 2.86. The summed E-state index contributed by atoms with van der Waals surface area (Å²) >= 11 is 0. The van der Waals surface area contributed by atoms with Crippen molar-refractivity contribution in [2.75, 3.05) is 6.61 Å². The molecule has 0 spiro atoms. The van der Waals surface area contributed by atoms with Crippen molar-refractivity contribution in [3.05, 3.63) is 0 Å². The van der Waals surface area contributed by atoms with Crippen LogP contribution in [0.5, 0.6) is 0 Å². The number of hydrogen-bond acceptors (Lipinski definition) is 4. The van der Waals surface area contributed by atoms with E-state index < -0.39 is 11.0 Å². The van der Waals surface area contributed by atoms with E-state index in [0.29, 0.717) is 36.7 Å². The van der Waals surface area contributed by atoms with Crippen molar-refractivity contribution in [3.8, 4) is 0 Å². The molecule has 0 aromatic rings. The number of aliphatic hydroxyl groups is 2. The van der Waals surface area contributed by atoms with Gasteiger partial charge in [0.15, 0.2) is 0 Å². The third-order valence-corrected chi connectivity index (χ3v) is 8.39. The lowest BCUT2D eigenvalue weighted by Gasteiger charge is -2.61. The Balaban J connectivity index is 1.89. The van der Waals surface area contributed by atoms with Crippen molar-refractivity contribution in [2.24, 2.45) is 28.6 Å². The lowest BCUT2D eigenvalue weighted by Crippen LogP contribution is -2.62. The van der Waals surface area contributed by atoms with E-state index in [1.165, 1.54) is 6.42 Å². The van der Waals surface area contributed by atoms with E-state index in [9.17, 15) is 15.0 Å². The fraction of sp³-hybridized carbons (Fsp3) is 0.955. The van der Waals surface area contributed by atoms with Crippen LogP contribution in [0.4, 0.5) is 0 Å². The summed E-state index contributed by atoms with van der Waals surface area (Å²) in [5, 5.41) is 21.1. The highest BCUT2D eigenvalue weighted by Crippen LogP contribution is 2.65. The number of aliphatic hydroxyl groups excluding tert-OH is 1. The molecule has 3 saturated carbocycles. The van der Waals surface area contributed by atoms with Crippen LogP contribution in [0.3, 0.4) is 0 Å². The minimum atomic E-state index is -1.14. The number of ether oxygens (including phenoxy) is 1. The molecule has 3 fully saturated rings. The molecule has 0 heterocycles. The molecule has 0 unspecified atom stereocenters. The molecule has 26 heavy (non-hydrogen) atoms. The third kappa shape index (κ3) is 2.97. The van der Waals surface area contributed by atoms with Gasteiger partial charge in [0.2, 0.25) is 0 Å². The summed E-state index contributed by atoms with van der Waals surface area (Å²) < 4.78 is 6.47. The SMILES string of the molecule is CC(C)(C)O[C@H]1CC[C@H]2[C@@H]3CC[C@@](O)(CO)[C@](C)(CC=O)[C@H]3CC[C@]12C. The topological polar surface area (TPSA) is 66.8 Å². The first-order valence-corrected chi connectivity index (χ1v) is 10.5. The second kappa shape index (κ2) is 6.56. The predicted octanol–water partition coefficient (Wildman–Crippen LogP) is 3.73. The Hall–Kier alpha value is -0.450. The number of fused-ring (bicyclic) bond motifs is 3. The van der Waals surface area contributed by atoms with Crippen molar-refractivity contribution in [2.45, 2.75) is 96.9 Å². The zero-order valence-electron chi connectivity index (χ0n) is 17.3. The van der Waals surface area contributed by atoms with E-state index in [0.717, 1.165) is 32.0 Å². The van der Waals surface area contributed by atoms with E-state index >= 15 is 0 Å². The molecular formula is C22H38O4. The summed E-state index contributed by atoms with van der Waals surface area (Å²) in [5.74, 6) is 1.40. The van der Waals surface area contributed by atoms with Gasteiger partial charge in [-0.05, 0) is 82.5 Å². The Labute approximate surface area is 158 Å². The monoisotopic (exact) mass is 366 g/mol. The molecule has 2 N–H and O–H groups in total. The highest BCUT2D eigenvalue weighted by Gasteiger charge is 2.63. The molecule has 3 aliphatic rings. The highest BCUT2D eigenvalue weighted by molar-refractivity contribution is 5.51. The van der Waals surface area contributed by atoms with Crippen LogP contribution in [0, 0.1) is 28.6 Å². The molecule has 0 radical (unpaired) electrons. The third-order valence-electron chi connectivity index (χ3n) is 8.39. The smallest absolute Gasteiger partial charge is 0.120 e. The predicted molar refractivity (Wildman–Crippen MR) is 102 cm³/mol. The van der Waals surface area contributed by atoms with E-state index in [1.54, 1.807) is 0 Å². The molecule has 3 rings (SSSR count). The maximum absolute atomic E-state index is 11.4. The van der Waals surface area contributed by atoms with Gasteiger partial charge >= 0.3 is 0 Å². The number of hydrogen-bond donors (Lipinski definition) is 2. The summed E-state index contributed by atoms with van der Waals surface area (Å²) in [4.78, 5) is 11.4. The van der Waals surface area contributed by atoms with Crippen molar-refractivity contribution >= 4 is 6.29 Å². The minimum absolute atomic E-state index is 0.130. The van der Waals surface area contributed by atoms with Gasteiger partial charge in [-0.3, -0.25) is 0 Å². The van der Waals surface area contributed by atoms with Gasteiger partial charge in [0.1, 0.15) is 6.29 Å². The van der Waals surface area contributed by atoms with Crippen LogP contribution < -0.4 is 0 Å². The van der Waals surface area contributed by atoms with E-state index in [4.69, 9.17) is 4.74 Å². The molecule has 4 heteroatoms. The average molecular weight is 367 g/mol. The second-order valence-corrected chi connectivity index (χ2v) is 10.7. The van der Waals surface area contributed by atoms with Crippen LogP contribution >= 0.6 is 0 Å². The molecule has 7 atom stereocenters. The Kier molecular flexibility index (Phi) is 5.12. The molecule has 3 aliphatic carbocycles. The Bertz CT molecular complexity index is 541. The first kappa shape index (κ1) is 20.3. The zero-order valence-corrected chi connectivity index (χ0v) is 17.3. The summed E-state index contributed by atoms with van der Waals surface area (Å²) in [7, 11) is 0. The first-order valence-electron chi connectivity index (χ1n) is 10.5. The fourth-order valence-corrected chi connectivity index (χ4v) is 6.86. The Morgan fingerprint density at radius 1 is 1.08 bits per heavy atom. The van der Waals surface area contributed by atoms with Crippen molar-refractivity contribution in [1.29, 1.82) is 0 Å². The van der Waals surface area contributed by atoms with Gasteiger partial charge in [0, 0.05) is 11.8 Å². The lowest BCUT2D eigenvalue weighted by atomic mass is 9.46. The molecular weight excluding hydrogens is 328 g/mol. The lowest BCUT2D eigenvalue weighted by molar-refractivity contribution is -0.210. The second-order valence-electron chi connectivity index (χ2n) is 10.7. The van der Waals surface area contributed by atoms with Crippen LogP contribution in [0.15, 0.2) is 0 Å². The summed E-state index contributed by atoms with van der Waals surface area (Å²) in [6.45, 7) is 10.6. The zero-order chi connectivity index (χ0) is 19.4. The maximum atomic E-state index is 11.4. The van der Waals surface area contributed by atoms with Crippen molar-refractivity contribution in [1.82, 2.24) is 0 Å². The molecule has 4 nitrogen and oxygen atoms in total. The summed E-state index contributed by atoms with van der Waals surface area (Å²) in [6, 6.07) is 0. The van der Waals surface area contributed by atoms with Gasteiger partial charge < -0.3 is 19.7 Å². The normalized spacial score (nSPS) is 48.7. The number of aldehydes is 1. The van der Waals surface area contributed by atoms with Crippen molar-refractivity contribution < 1.29 is 19.7 Å². The van der Waals surface area contributed by atoms with Crippen LogP contribution in [-0.4, -0.2) is 40.4 Å². The Morgan fingerprint density at radius 3 is 2.35 bits per heavy atom. The first-order chi connectivity index (χ1) is 12.0. The van der Waals surface area contributed by atoms with Crippen LogP contribution in [0.1, 0.15) is 79.6 Å². The number of carbonyl (C=O) groups excluding carboxylic acids is 1. The van der Waals surface area contributed by atoms with Gasteiger partial charge in [0.25, 0.3) is 0 Å². The highest BCUT2D eigenvalue weighted by atomic mass is 16.5. The summed E-state index contributed by atoms with van der Waals surface area (Å²) in [5.41, 5.74) is -1.61. The molecule has 0 amide bonds. The van der Waals surface area contributed by atoms with E-state index in [2.05, 4.69) is 27.7 Å². The van der Waals surface area contributed by atoms with E-state index in [-0.39, 0.29) is 17.6 Å². The molecule has 0 aromatic carbocycles. The number of rotatable bonds is 4.